The maximum Gasteiger partial charge on any atom is 0.289 e. The Morgan fingerprint density at radius 2 is 2.05 bits per heavy atom. The summed E-state index contributed by atoms with van der Waals surface area (Å²) in [5, 5.41) is 5.07. The van der Waals surface area contributed by atoms with Crippen molar-refractivity contribution in [2.75, 3.05) is 13.1 Å². The molecule has 1 amide bonds. The SMILES string of the molecule is CC1(C)CCCN(C(=O)c2cc(S(N)(=O)=O)c(Br)o2)CC1. The van der Waals surface area contributed by atoms with Gasteiger partial charge in [-0.15, -0.1) is 0 Å². The van der Waals surface area contributed by atoms with E-state index in [9.17, 15) is 13.2 Å². The molecule has 118 valence electrons. The van der Waals surface area contributed by atoms with Crippen LogP contribution in [0, 0.1) is 5.41 Å². The van der Waals surface area contributed by atoms with Gasteiger partial charge < -0.3 is 9.32 Å². The molecule has 6 nitrogen and oxygen atoms in total. The molecule has 0 radical (unpaired) electrons. The molecule has 0 spiro atoms. The number of nitrogens with zero attached hydrogens (tertiary/aromatic N) is 1. The van der Waals surface area contributed by atoms with Gasteiger partial charge >= 0.3 is 0 Å². The Kier molecular flexibility index (Phi) is 4.51. The molecule has 1 aliphatic rings. The van der Waals surface area contributed by atoms with E-state index >= 15 is 0 Å². The highest BCUT2D eigenvalue weighted by molar-refractivity contribution is 9.10. The summed E-state index contributed by atoms with van der Waals surface area (Å²) >= 11 is 2.98. The average molecular weight is 379 g/mol. The van der Waals surface area contributed by atoms with Crippen LogP contribution < -0.4 is 5.14 Å². The largest absolute Gasteiger partial charge is 0.443 e. The highest BCUT2D eigenvalue weighted by atomic mass is 79.9. The van der Waals surface area contributed by atoms with Crippen LogP contribution in [-0.4, -0.2) is 32.3 Å². The molecular weight excluding hydrogens is 360 g/mol. The number of furan rings is 1. The molecule has 1 aliphatic heterocycles. The number of halogens is 1. The van der Waals surface area contributed by atoms with Crippen LogP contribution in [-0.2, 0) is 10.0 Å². The third kappa shape index (κ3) is 3.87. The van der Waals surface area contributed by atoms with E-state index in [0.29, 0.717) is 13.1 Å². The normalized spacial score (nSPS) is 19.3. The van der Waals surface area contributed by atoms with E-state index < -0.39 is 10.0 Å². The lowest BCUT2D eigenvalue weighted by Gasteiger charge is -2.22. The van der Waals surface area contributed by atoms with Crippen molar-refractivity contribution >= 4 is 31.9 Å². The van der Waals surface area contributed by atoms with Crippen molar-refractivity contribution in [1.82, 2.24) is 4.90 Å². The lowest BCUT2D eigenvalue weighted by Crippen LogP contribution is -2.32. The van der Waals surface area contributed by atoms with E-state index in [-0.39, 0.29) is 26.6 Å². The maximum atomic E-state index is 12.4. The number of sulfonamides is 1. The molecular formula is C13H19BrN2O4S. The molecule has 2 rings (SSSR count). The molecule has 0 atom stereocenters. The van der Waals surface area contributed by atoms with Gasteiger partial charge in [-0.2, -0.15) is 0 Å². The number of hydrogen-bond donors (Lipinski definition) is 1. The zero-order valence-electron chi connectivity index (χ0n) is 12.1. The number of amides is 1. The lowest BCUT2D eigenvalue weighted by molar-refractivity contribution is 0.0724. The van der Waals surface area contributed by atoms with Crippen LogP contribution in [0.2, 0.25) is 0 Å². The van der Waals surface area contributed by atoms with Crippen LogP contribution in [0.1, 0.15) is 43.7 Å². The minimum Gasteiger partial charge on any atom is -0.443 e. The van der Waals surface area contributed by atoms with Crippen LogP contribution in [0.4, 0.5) is 0 Å². The summed E-state index contributed by atoms with van der Waals surface area (Å²) in [7, 11) is -3.91. The molecule has 8 heteroatoms. The van der Waals surface area contributed by atoms with Gasteiger partial charge in [0.2, 0.25) is 10.0 Å². The zero-order chi connectivity index (χ0) is 15.8. The fourth-order valence-corrected chi connectivity index (χ4v) is 3.94. The van der Waals surface area contributed by atoms with Gasteiger partial charge in [-0.05, 0) is 40.6 Å². The first-order valence-corrected chi connectivity index (χ1v) is 9.05. The molecule has 1 fully saturated rings. The summed E-state index contributed by atoms with van der Waals surface area (Å²) in [6.45, 7) is 5.65. The van der Waals surface area contributed by atoms with Crippen LogP contribution in [0.3, 0.4) is 0 Å². The second kappa shape index (κ2) is 5.73. The number of hydrogen-bond acceptors (Lipinski definition) is 4. The number of nitrogens with two attached hydrogens (primary N) is 1. The van der Waals surface area contributed by atoms with Gasteiger partial charge in [-0.3, -0.25) is 4.79 Å². The van der Waals surface area contributed by atoms with Crippen LogP contribution in [0.5, 0.6) is 0 Å². The Labute approximate surface area is 132 Å². The van der Waals surface area contributed by atoms with Crippen molar-refractivity contribution in [3.63, 3.8) is 0 Å². The molecule has 21 heavy (non-hydrogen) atoms. The summed E-state index contributed by atoms with van der Waals surface area (Å²) in [4.78, 5) is 13.9. The second-order valence-electron chi connectivity index (χ2n) is 6.10. The summed E-state index contributed by atoms with van der Waals surface area (Å²) < 4.78 is 27.9. The molecule has 0 saturated carbocycles. The number of primary sulfonamides is 1. The molecule has 1 aromatic rings. The van der Waals surface area contributed by atoms with Crippen LogP contribution >= 0.6 is 15.9 Å². The minimum atomic E-state index is -3.91. The molecule has 2 heterocycles. The Balaban J connectivity index is 2.21. The third-order valence-corrected chi connectivity index (χ3v) is 5.57. The molecule has 0 aromatic carbocycles. The van der Waals surface area contributed by atoms with Crippen molar-refractivity contribution < 1.29 is 17.6 Å². The molecule has 0 aliphatic carbocycles. The minimum absolute atomic E-state index is 0.00870. The second-order valence-corrected chi connectivity index (χ2v) is 8.35. The molecule has 1 aromatic heterocycles. The van der Waals surface area contributed by atoms with Crippen molar-refractivity contribution in [2.24, 2.45) is 10.6 Å². The van der Waals surface area contributed by atoms with Crippen molar-refractivity contribution in [3.05, 3.63) is 16.5 Å². The first-order valence-electron chi connectivity index (χ1n) is 6.72. The van der Waals surface area contributed by atoms with Crippen molar-refractivity contribution in [1.29, 1.82) is 0 Å². The number of carbonyl (C=O) groups is 1. The first kappa shape index (κ1) is 16.5. The standard InChI is InChI=1S/C13H19BrN2O4S/c1-13(2)4-3-6-16(7-5-13)12(17)9-8-10(11(14)20-9)21(15,18)19/h8H,3-7H2,1-2H3,(H2,15,18,19). The van der Waals surface area contributed by atoms with Gasteiger partial charge in [-0.25, -0.2) is 13.6 Å². The topological polar surface area (TPSA) is 93.6 Å². The van der Waals surface area contributed by atoms with E-state index in [4.69, 9.17) is 9.56 Å². The van der Waals surface area contributed by atoms with E-state index in [2.05, 4.69) is 29.8 Å². The monoisotopic (exact) mass is 378 g/mol. The fourth-order valence-electron chi connectivity index (χ4n) is 2.43. The molecule has 2 N–H and O–H groups in total. The van der Waals surface area contributed by atoms with Crippen LogP contribution in [0.15, 0.2) is 20.0 Å². The smallest absolute Gasteiger partial charge is 0.289 e. The van der Waals surface area contributed by atoms with Gasteiger partial charge in [0.25, 0.3) is 5.91 Å². The van der Waals surface area contributed by atoms with E-state index in [1.54, 1.807) is 4.90 Å². The van der Waals surface area contributed by atoms with Gasteiger partial charge in [-0.1, -0.05) is 13.8 Å². The van der Waals surface area contributed by atoms with Gasteiger partial charge in [0, 0.05) is 19.2 Å². The van der Waals surface area contributed by atoms with Crippen molar-refractivity contribution in [3.8, 4) is 0 Å². The highest BCUT2D eigenvalue weighted by Gasteiger charge is 2.29. The Hall–Kier alpha value is -0.860. The van der Waals surface area contributed by atoms with Gasteiger partial charge in [0.15, 0.2) is 10.4 Å². The predicted octanol–water partition coefficient (Wildman–Crippen LogP) is 2.34. The molecule has 0 bridgehead atoms. The summed E-state index contributed by atoms with van der Waals surface area (Å²) in [5.74, 6) is -0.311. The third-order valence-electron chi connectivity index (χ3n) is 3.80. The fraction of sp³-hybridized carbons (Fsp3) is 0.615. The number of rotatable bonds is 2. The predicted molar refractivity (Wildman–Crippen MR) is 81.3 cm³/mol. The van der Waals surface area contributed by atoms with Gasteiger partial charge in [0.05, 0.1) is 0 Å². The molecule has 1 saturated heterocycles. The van der Waals surface area contributed by atoms with E-state index in [1.165, 1.54) is 6.07 Å². The highest BCUT2D eigenvalue weighted by Crippen LogP contribution is 2.31. The molecule has 0 unspecified atom stereocenters. The zero-order valence-corrected chi connectivity index (χ0v) is 14.5. The van der Waals surface area contributed by atoms with Gasteiger partial charge in [0.1, 0.15) is 4.90 Å². The summed E-state index contributed by atoms with van der Waals surface area (Å²) in [5.41, 5.74) is 0.213. The Bertz CT molecular complexity index is 651. The quantitative estimate of drug-likeness (QED) is 0.854. The lowest BCUT2D eigenvalue weighted by atomic mass is 9.85. The average Bonchev–Trinajstić information content (AvgIpc) is 2.65. The Morgan fingerprint density at radius 1 is 1.38 bits per heavy atom. The number of carbonyl (C=O) groups excluding carboxylic acids is 1. The van der Waals surface area contributed by atoms with Crippen LogP contribution in [0.25, 0.3) is 0 Å². The van der Waals surface area contributed by atoms with E-state index in [1.807, 2.05) is 0 Å². The first-order chi connectivity index (χ1) is 9.60. The van der Waals surface area contributed by atoms with E-state index in [0.717, 1.165) is 19.3 Å². The summed E-state index contributed by atoms with van der Waals surface area (Å²) in [6.07, 6.45) is 2.88. The maximum absolute atomic E-state index is 12.4. The number of likely N-dealkylation sites (tertiary alicyclic amines) is 1. The van der Waals surface area contributed by atoms with Crippen molar-refractivity contribution in [2.45, 2.75) is 38.0 Å². The summed E-state index contributed by atoms with van der Waals surface area (Å²) in [6, 6.07) is 1.18. The Morgan fingerprint density at radius 3 is 2.62 bits per heavy atom.